The molecule has 2 heterocycles. The van der Waals surface area contributed by atoms with Gasteiger partial charge in [0, 0.05) is 28.4 Å². The summed E-state index contributed by atoms with van der Waals surface area (Å²) in [6.45, 7) is 4.42. The van der Waals surface area contributed by atoms with Gasteiger partial charge in [0.05, 0.1) is 15.8 Å². The number of aromatic amines is 1. The molecule has 3 aromatic carbocycles. The number of hydrogen-bond acceptors (Lipinski definition) is 3. The molecule has 1 N–H and O–H groups in total. The summed E-state index contributed by atoms with van der Waals surface area (Å²) in [6, 6.07) is 14.9. The van der Waals surface area contributed by atoms with Gasteiger partial charge in [-0.25, -0.2) is 0 Å². The standard InChI is InChI=1S/C26H19FN2O3S/c1-4-16-9-10-19-22(12-16)28-26-24(19)25(30)21-11-15(3)20(14-23(21)29(26)5-2)17-7-6-8-18(13-17)33(27,31)32/h1,6-14,28H,5H2,2-3H3. The molecule has 0 aliphatic heterocycles. The Morgan fingerprint density at radius 1 is 1.09 bits per heavy atom. The Hall–Kier alpha value is -3.89. The van der Waals surface area contributed by atoms with Crippen molar-refractivity contribution in [3.05, 3.63) is 75.9 Å². The van der Waals surface area contributed by atoms with Crippen LogP contribution in [-0.2, 0) is 16.8 Å². The van der Waals surface area contributed by atoms with Crippen molar-refractivity contribution in [3.63, 3.8) is 0 Å². The predicted octanol–water partition coefficient (Wildman–Crippen LogP) is 5.27. The van der Waals surface area contributed by atoms with Crippen LogP contribution in [0.5, 0.6) is 0 Å². The smallest absolute Gasteiger partial charge is 0.332 e. The number of halogens is 1. The van der Waals surface area contributed by atoms with E-state index >= 15 is 0 Å². The molecule has 0 fully saturated rings. The summed E-state index contributed by atoms with van der Waals surface area (Å²) in [5, 5.41) is 1.96. The van der Waals surface area contributed by atoms with E-state index in [1.165, 1.54) is 18.2 Å². The average molecular weight is 459 g/mol. The van der Waals surface area contributed by atoms with Gasteiger partial charge in [0.15, 0.2) is 5.43 Å². The Morgan fingerprint density at radius 3 is 2.58 bits per heavy atom. The van der Waals surface area contributed by atoms with Crippen LogP contribution < -0.4 is 5.43 Å². The topological polar surface area (TPSA) is 71.9 Å². The maximum atomic E-state index is 13.6. The minimum Gasteiger partial charge on any atom is -0.340 e. The summed E-state index contributed by atoms with van der Waals surface area (Å²) < 4.78 is 38.4. The third-order valence-electron chi connectivity index (χ3n) is 6.06. The molecule has 0 unspecified atom stereocenters. The van der Waals surface area contributed by atoms with Crippen LogP contribution in [0.1, 0.15) is 18.1 Å². The van der Waals surface area contributed by atoms with Crippen LogP contribution >= 0.6 is 0 Å². The largest absolute Gasteiger partial charge is 0.340 e. The molecule has 0 bridgehead atoms. The van der Waals surface area contributed by atoms with Crippen LogP contribution in [-0.4, -0.2) is 18.0 Å². The van der Waals surface area contributed by atoms with Gasteiger partial charge < -0.3 is 9.55 Å². The van der Waals surface area contributed by atoms with E-state index in [0.29, 0.717) is 34.0 Å². The van der Waals surface area contributed by atoms with Crippen molar-refractivity contribution in [1.29, 1.82) is 0 Å². The average Bonchev–Trinajstić information content (AvgIpc) is 3.17. The van der Waals surface area contributed by atoms with Crippen molar-refractivity contribution in [2.24, 2.45) is 0 Å². The zero-order valence-electron chi connectivity index (χ0n) is 17.9. The second-order valence-corrected chi connectivity index (χ2v) is 9.32. The summed E-state index contributed by atoms with van der Waals surface area (Å²) in [5.74, 6) is 2.61. The minimum atomic E-state index is -4.83. The minimum absolute atomic E-state index is 0.0980. The number of nitrogens with one attached hydrogen (secondary N) is 1. The molecule has 5 aromatic rings. The van der Waals surface area contributed by atoms with Crippen molar-refractivity contribution >= 4 is 43.1 Å². The van der Waals surface area contributed by atoms with Gasteiger partial charge in [-0.2, -0.15) is 8.42 Å². The van der Waals surface area contributed by atoms with Crippen LogP contribution in [0.3, 0.4) is 0 Å². The summed E-state index contributed by atoms with van der Waals surface area (Å²) in [5.41, 5.74) is 4.85. The fraction of sp³-hybridized carbons (Fsp3) is 0.115. The van der Waals surface area contributed by atoms with E-state index in [2.05, 4.69) is 10.9 Å². The number of pyridine rings is 1. The fourth-order valence-electron chi connectivity index (χ4n) is 4.52. The first-order chi connectivity index (χ1) is 15.7. The van der Waals surface area contributed by atoms with Crippen molar-refractivity contribution in [1.82, 2.24) is 9.55 Å². The fourth-order valence-corrected chi connectivity index (χ4v) is 5.03. The number of fused-ring (bicyclic) bond motifs is 4. The second kappa shape index (κ2) is 7.32. The van der Waals surface area contributed by atoms with Gasteiger partial charge in [0.1, 0.15) is 5.65 Å². The maximum absolute atomic E-state index is 13.6. The molecule has 2 aromatic heterocycles. The highest BCUT2D eigenvalue weighted by Gasteiger charge is 2.18. The van der Waals surface area contributed by atoms with E-state index < -0.39 is 15.1 Å². The summed E-state index contributed by atoms with van der Waals surface area (Å²) in [4.78, 5) is 16.5. The van der Waals surface area contributed by atoms with E-state index in [1.807, 2.05) is 48.7 Å². The molecule has 0 saturated heterocycles. The Bertz CT molecular complexity index is 1820. The number of benzene rings is 3. The first-order valence-corrected chi connectivity index (χ1v) is 11.8. The molecule has 0 spiro atoms. The van der Waals surface area contributed by atoms with Gasteiger partial charge in [0.25, 0.3) is 0 Å². The van der Waals surface area contributed by atoms with Gasteiger partial charge in [-0.15, -0.1) is 10.3 Å². The Labute approximate surface area is 189 Å². The van der Waals surface area contributed by atoms with Gasteiger partial charge >= 0.3 is 10.2 Å². The molecule has 0 radical (unpaired) electrons. The third-order valence-corrected chi connectivity index (χ3v) is 6.88. The Morgan fingerprint density at radius 2 is 1.88 bits per heavy atom. The summed E-state index contributed by atoms with van der Waals surface area (Å²) >= 11 is 0. The molecule has 0 amide bonds. The molecule has 33 heavy (non-hydrogen) atoms. The van der Waals surface area contributed by atoms with Gasteiger partial charge in [-0.05, 0) is 66.9 Å². The molecular weight excluding hydrogens is 439 g/mol. The molecular formula is C26H19FN2O3S. The van der Waals surface area contributed by atoms with Crippen molar-refractivity contribution in [3.8, 4) is 23.5 Å². The van der Waals surface area contributed by atoms with Crippen molar-refractivity contribution < 1.29 is 12.3 Å². The highest BCUT2D eigenvalue weighted by Crippen LogP contribution is 2.32. The van der Waals surface area contributed by atoms with Gasteiger partial charge in [-0.1, -0.05) is 24.1 Å². The lowest BCUT2D eigenvalue weighted by Crippen LogP contribution is -2.11. The van der Waals surface area contributed by atoms with E-state index in [4.69, 9.17) is 6.42 Å². The molecule has 7 heteroatoms. The van der Waals surface area contributed by atoms with E-state index in [1.54, 1.807) is 6.07 Å². The highest BCUT2D eigenvalue weighted by molar-refractivity contribution is 7.86. The lowest BCUT2D eigenvalue weighted by molar-refractivity contribution is 0.552. The van der Waals surface area contributed by atoms with Crippen LogP contribution in [0, 0.1) is 19.3 Å². The van der Waals surface area contributed by atoms with Crippen LogP contribution in [0.25, 0.3) is 44.0 Å². The monoisotopic (exact) mass is 458 g/mol. The van der Waals surface area contributed by atoms with E-state index in [9.17, 15) is 17.1 Å². The molecule has 0 atom stereocenters. The predicted molar refractivity (Wildman–Crippen MR) is 130 cm³/mol. The number of aromatic nitrogens is 2. The number of rotatable bonds is 3. The van der Waals surface area contributed by atoms with Crippen LogP contribution in [0.15, 0.2) is 64.3 Å². The third kappa shape index (κ3) is 3.22. The molecule has 164 valence electrons. The Kier molecular flexibility index (Phi) is 4.66. The number of aryl methyl sites for hydroxylation is 2. The first-order valence-electron chi connectivity index (χ1n) is 10.4. The van der Waals surface area contributed by atoms with Gasteiger partial charge in [-0.3, -0.25) is 4.79 Å². The molecule has 0 saturated carbocycles. The van der Waals surface area contributed by atoms with Crippen molar-refractivity contribution in [2.75, 3.05) is 0 Å². The lowest BCUT2D eigenvalue weighted by Gasteiger charge is -2.15. The molecule has 5 nitrogen and oxygen atoms in total. The summed E-state index contributed by atoms with van der Waals surface area (Å²) in [7, 11) is -4.83. The quantitative estimate of drug-likeness (QED) is 0.296. The SMILES string of the molecule is C#Cc1ccc2c(c1)[nH]c1c2c(=O)c2cc(C)c(-c3cccc(S(=O)(=O)F)c3)cc2n1CC. The van der Waals surface area contributed by atoms with Gasteiger partial charge in [0.2, 0.25) is 0 Å². The highest BCUT2D eigenvalue weighted by atomic mass is 32.3. The van der Waals surface area contributed by atoms with E-state index in [-0.39, 0.29) is 5.43 Å². The first kappa shape index (κ1) is 21.0. The van der Waals surface area contributed by atoms with E-state index in [0.717, 1.165) is 27.6 Å². The molecule has 0 aliphatic rings. The zero-order valence-corrected chi connectivity index (χ0v) is 18.8. The number of hydrogen-bond donors (Lipinski definition) is 1. The summed E-state index contributed by atoms with van der Waals surface area (Å²) in [6.07, 6.45) is 5.54. The number of nitrogens with zero attached hydrogens (tertiary/aromatic N) is 1. The molecule has 0 aliphatic carbocycles. The second-order valence-electron chi connectivity index (χ2n) is 7.98. The van der Waals surface area contributed by atoms with Crippen LogP contribution in [0.2, 0.25) is 0 Å². The zero-order chi connectivity index (χ0) is 23.5. The Balaban J connectivity index is 1.88. The normalized spacial score (nSPS) is 11.9. The number of terminal acetylenes is 1. The lowest BCUT2D eigenvalue weighted by atomic mass is 9.97. The van der Waals surface area contributed by atoms with Crippen molar-refractivity contribution in [2.45, 2.75) is 25.3 Å². The maximum Gasteiger partial charge on any atom is 0.332 e. The number of H-pyrrole nitrogens is 1. The van der Waals surface area contributed by atoms with Crippen LogP contribution in [0.4, 0.5) is 3.89 Å². The molecule has 5 rings (SSSR count).